The van der Waals surface area contributed by atoms with Gasteiger partial charge in [0.1, 0.15) is 5.01 Å². The van der Waals surface area contributed by atoms with Crippen molar-refractivity contribution in [1.82, 2.24) is 14.5 Å². The molecule has 226 valence electrons. The van der Waals surface area contributed by atoms with E-state index in [-0.39, 0.29) is 22.8 Å². The summed E-state index contributed by atoms with van der Waals surface area (Å²) in [7, 11) is 0. The van der Waals surface area contributed by atoms with Gasteiger partial charge in [-0.1, -0.05) is 83.5 Å². The van der Waals surface area contributed by atoms with Crippen molar-refractivity contribution in [2.75, 3.05) is 13.1 Å². The first-order valence-corrected chi connectivity index (χ1v) is 16.7. The fourth-order valence-electron chi connectivity index (χ4n) is 6.24. The molecule has 0 N–H and O–H groups in total. The maximum absolute atomic E-state index is 14.7. The first kappa shape index (κ1) is 31.2. The molecular weight excluding hydrogens is 574 g/mol. The number of halogens is 1. The van der Waals surface area contributed by atoms with Gasteiger partial charge in [-0.15, -0.1) is 11.3 Å². The van der Waals surface area contributed by atoms with E-state index in [1.54, 1.807) is 0 Å². The first-order chi connectivity index (χ1) is 20.5. The van der Waals surface area contributed by atoms with E-state index in [0.29, 0.717) is 34.1 Å². The van der Waals surface area contributed by atoms with Crippen LogP contribution in [0.2, 0.25) is 5.02 Å². The van der Waals surface area contributed by atoms with Crippen molar-refractivity contribution >= 4 is 28.8 Å². The maximum atomic E-state index is 14.7. The first-order valence-electron chi connectivity index (χ1n) is 15.4. The molecule has 4 aromatic rings. The van der Waals surface area contributed by atoms with E-state index in [2.05, 4.69) is 59.7 Å². The summed E-state index contributed by atoms with van der Waals surface area (Å²) < 4.78 is 1.87. The van der Waals surface area contributed by atoms with Gasteiger partial charge in [-0.3, -0.25) is 14.2 Å². The number of benzene rings is 2. The Morgan fingerprint density at radius 1 is 1.07 bits per heavy atom. The fourth-order valence-corrected chi connectivity index (χ4v) is 7.20. The third kappa shape index (κ3) is 6.51. The normalized spacial score (nSPS) is 14.8. The maximum Gasteiger partial charge on any atom is 0.265 e. The van der Waals surface area contributed by atoms with E-state index in [4.69, 9.17) is 16.6 Å². The van der Waals surface area contributed by atoms with Crippen molar-refractivity contribution in [3.63, 3.8) is 0 Å². The molecule has 5 nitrogen and oxygen atoms in total. The third-order valence-corrected chi connectivity index (χ3v) is 9.51. The number of aromatic nitrogens is 2. The van der Waals surface area contributed by atoms with E-state index in [1.807, 2.05) is 45.2 Å². The van der Waals surface area contributed by atoms with Crippen LogP contribution < -0.4 is 5.56 Å². The van der Waals surface area contributed by atoms with E-state index < -0.39 is 0 Å². The van der Waals surface area contributed by atoms with Crippen molar-refractivity contribution in [1.29, 1.82) is 0 Å². The Hall–Kier alpha value is -3.22. The lowest BCUT2D eigenvalue weighted by atomic mass is 9.84. The number of amides is 1. The zero-order valence-corrected chi connectivity index (χ0v) is 27.7. The van der Waals surface area contributed by atoms with Gasteiger partial charge in [-0.2, -0.15) is 0 Å². The molecule has 0 atom stereocenters. The zero-order chi connectivity index (χ0) is 30.9. The molecule has 0 bridgehead atoms. The smallest absolute Gasteiger partial charge is 0.265 e. The van der Waals surface area contributed by atoms with Crippen LogP contribution in [-0.4, -0.2) is 33.4 Å². The molecule has 1 fully saturated rings. The second kappa shape index (κ2) is 12.8. The lowest BCUT2D eigenvalue weighted by molar-refractivity contribution is 0.0581. The van der Waals surface area contributed by atoms with Gasteiger partial charge in [0, 0.05) is 34.7 Å². The summed E-state index contributed by atoms with van der Waals surface area (Å²) in [5.41, 5.74) is 6.61. The van der Waals surface area contributed by atoms with Crippen molar-refractivity contribution in [2.45, 2.75) is 73.6 Å². The number of carbonyl (C=O) groups excluding carboxylic acids is 1. The molecule has 0 spiro atoms. The van der Waals surface area contributed by atoms with Crippen LogP contribution in [0, 0.1) is 11.3 Å². The second-order valence-corrected chi connectivity index (χ2v) is 14.1. The Bertz CT molecular complexity index is 1660. The van der Waals surface area contributed by atoms with Crippen LogP contribution >= 0.6 is 22.9 Å². The number of para-hydroxylation sites is 1. The van der Waals surface area contributed by atoms with Gasteiger partial charge in [0.05, 0.1) is 22.5 Å². The van der Waals surface area contributed by atoms with Gasteiger partial charge < -0.3 is 4.90 Å². The highest BCUT2D eigenvalue weighted by molar-refractivity contribution is 7.13. The number of thiazole rings is 1. The van der Waals surface area contributed by atoms with Crippen LogP contribution in [0.3, 0.4) is 0 Å². The molecule has 0 radical (unpaired) electrons. The molecule has 0 unspecified atom stereocenters. The Balaban J connectivity index is 1.80. The summed E-state index contributed by atoms with van der Waals surface area (Å²) >= 11 is 7.56. The van der Waals surface area contributed by atoms with Crippen LogP contribution in [-0.2, 0) is 19.3 Å². The highest BCUT2D eigenvalue weighted by Gasteiger charge is 2.33. The van der Waals surface area contributed by atoms with Gasteiger partial charge in [-0.25, -0.2) is 4.98 Å². The van der Waals surface area contributed by atoms with Crippen LogP contribution in [0.5, 0.6) is 0 Å². The lowest BCUT2D eigenvalue weighted by Crippen LogP contribution is -2.44. The highest BCUT2D eigenvalue weighted by atomic mass is 35.5. The number of piperidine rings is 1. The minimum absolute atomic E-state index is 0.0000612. The van der Waals surface area contributed by atoms with Crippen molar-refractivity contribution in [2.24, 2.45) is 11.3 Å². The summed E-state index contributed by atoms with van der Waals surface area (Å²) in [4.78, 5) is 36.2. The quantitative estimate of drug-likeness (QED) is 0.199. The summed E-state index contributed by atoms with van der Waals surface area (Å²) in [5, 5.41) is 3.24. The van der Waals surface area contributed by atoms with Crippen molar-refractivity contribution in [3.8, 4) is 27.5 Å². The number of carbonyl (C=O) groups is 1. The molecule has 1 amide bonds. The molecule has 1 aliphatic rings. The molecule has 1 saturated heterocycles. The Labute approximate surface area is 264 Å². The fraction of sp³-hybridized carbons (Fsp3) is 0.417. The molecule has 5 rings (SSSR count). The minimum atomic E-state index is -0.126. The van der Waals surface area contributed by atoms with Crippen LogP contribution in [0.15, 0.2) is 58.7 Å². The molecular formula is C36H42ClN3O2S. The Morgan fingerprint density at radius 3 is 2.35 bits per heavy atom. The average Bonchev–Trinajstić information content (AvgIpc) is 3.46. The van der Waals surface area contributed by atoms with Gasteiger partial charge in [0.25, 0.3) is 11.5 Å². The van der Waals surface area contributed by atoms with Crippen LogP contribution in [0.1, 0.15) is 81.6 Å². The van der Waals surface area contributed by atoms with Crippen LogP contribution in [0.4, 0.5) is 0 Å². The second-order valence-electron chi connectivity index (χ2n) is 12.8. The standard InChI is InChI=1S/C36H42ClN3O2S/c1-7-24-11-9-12-25(8-2)32(24)40-31(19-23(3)4)28(34(41)39-18-10-17-36(5,6)22-39)20-29(35(40)42)33-38-30(21-43-33)26-13-15-27(37)16-14-26/h9,11-16,20-21,23H,7-8,10,17-19,22H2,1-6H3. The number of rotatable bonds is 8. The molecule has 3 heterocycles. The van der Waals surface area contributed by atoms with E-state index in [0.717, 1.165) is 66.0 Å². The third-order valence-electron chi connectivity index (χ3n) is 8.39. The number of nitrogens with zero attached hydrogens (tertiary/aromatic N) is 3. The monoisotopic (exact) mass is 615 g/mol. The number of likely N-dealkylation sites (tertiary alicyclic amines) is 1. The van der Waals surface area contributed by atoms with Crippen LogP contribution in [0.25, 0.3) is 27.5 Å². The molecule has 7 heteroatoms. The molecule has 0 aliphatic carbocycles. The molecule has 0 saturated carbocycles. The van der Waals surface area contributed by atoms with E-state index in [9.17, 15) is 9.59 Å². The van der Waals surface area contributed by atoms with Gasteiger partial charge in [-0.05, 0) is 72.8 Å². The SMILES string of the molecule is CCc1cccc(CC)c1-n1c(CC(C)C)c(C(=O)N2CCCC(C)(C)C2)cc(-c2nc(-c3ccc(Cl)cc3)cs2)c1=O. The van der Waals surface area contributed by atoms with Gasteiger partial charge in [0.2, 0.25) is 0 Å². The van der Waals surface area contributed by atoms with Crippen molar-refractivity contribution in [3.05, 3.63) is 91.7 Å². The number of hydrogen-bond acceptors (Lipinski definition) is 4. The van der Waals surface area contributed by atoms with Crippen molar-refractivity contribution < 1.29 is 4.79 Å². The Kier molecular flexibility index (Phi) is 9.29. The van der Waals surface area contributed by atoms with E-state index >= 15 is 0 Å². The predicted octanol–water partition coefficient (Wildman–Crippen LogP) is 8.87. The molecule has 43 heavy (non-hydrogen) atoms. The number of pyridine rings is 1. The lowest BCUT2D eigenvalue weighted by Gasteiger charge is -2.38. The van der Waals surface area contributed by atoms with Gasteiger partial charge in [0.15, 0.2) is 0 Å². The van der Waals surface area contributed by atoms with Gasteiger partial charge >= 0.3 is 0 Å². The molecule has 2 aromatic heterocycles. The Morgan fingerprint density at radius 2 is 1.74 bits per heavy atom. The van der Waals surface area contributed by atoms with E-state index in [1.165, 1.54) is 11.3 Å². The minimum Gasteiger partial charge on any atom is -0.338 e. The zero-order valence-electron chi connectivity index (χ0n) is 26.2. The largest absolute Gasteiger partial charge is 0.338 e. The molecule has 1 aliphatic heterocycles. The number of hydrogen-bond donors (Lipinski definition) is 0. The average molecular weight is 616 g/mol. The topological polar surface area (TPSA) is 55.2 Å². The summed E-state index contributed by atoms with van der Waals surface area (Å²) in [5.74, 6) is 0.246. The number of aryl methyl sites for hydroxylation is 2. The predicted molar refractivity (Wildman–Crippen MR) is 180 cm³/mol. The molecule has 2 aromatic carbocycles. The summed E-state index contributed by atoms with van der Waals surface area (Å²) in [6, 6.07) is 15.7. The summed E-state index contributed by atoms with van der Waals surface area (Å²) in [6.07, 6.45) is 4.24. The highest BCUT2D eigenvalue weighted by Crippen LogP contribution is 2.34. The summed E-state index contributed by atoms with van der Waals surface area (Å²) in [6.45, 7) is 14.4.